The summed E-state index contributed by atoms with van der Waals surface area (Å²) >= 11 is 1.82. The van der Waals surface area contributed by atoms with Gasteiger partial charge in [0.2, 0.25) is 0 Å². The van der Waals surface area contributed by atoms with Crippen LogP contribution in [0, 0.1) is 0 Å². The number of anilines is 1. The fraction of sp³-hybridized carbons (Fsp3) is 0.429. The molecular weight excluding hydrogens is 372 g/mol. The lowest BCUT2D eigenvalue weighted by atomic mass is 10.2. The van der Waals surface area contributed by atoms with E-state index in [9.17, 15) is 4.79 Å². The van der Waals surface area contributed by atoms with Crippen molar-refractivity contribution in [3.8, 4) is 5.75 Å². The number of para-hydroxylation sites is 2. The predicted octanol–water partition coefficient (Wildman–Crippen LogP) is 3.18. The van der Waals surface area contributed by atoms with E-state index >= 15 is 0 Å². The molecule has 7 heteroatoms. The van der Waals surface area contributed by atoms with Crippen molar-refractivity contribution in [2.24, 2.45) is 4.99 Å². The van der Waals surface area contributed by atoms with Crippen molar-refractivity contribution < 1.29 is 9.53 Å². The minimum atomic E-state index is 0.00342. The first-order chi connectivity index (χ1) is 13.7. The topological polar surface area (TPSA) is 66.0 Å². The second kappa shape index (κ2) is 10.1. The highest BCUT2D eigenvalue weighted by Gasteiger charge is 2.24. The van der Waals surface area contributed by atoms with Crippen molar-refractivity contribution in [1.29, 1.82) is 0 Å². The van der Waals surface area contributed by atoms with E-state index in [1.165, 1.54) is 9.75 Å². The number of fused-ring (bicyclic) bond motifs is 1. The van der Waals surface area contributed by atoms with Gasteiger partial charge >= 0.3 is 0 Å². The summed E-state index contributed by atoms with van der Waals surface area (Å²) in [6, 6.07) is 12.0. The minimum absolute atomic E-state index is 0.00342. The lowest BCUT2D eigenvalue weighted by molar-refractivity contribution is -0.121. The zero-order chi connectivity index (χ0) is 19.8. The number of ether oxygens (including phenoxy) is 1. The number of benzene rings is 1. The molecule has 150 valence electrons. The summed E-state index contributed by atoms with van der Waals surface area (Å²) in [5.74, 6) is 1.58. The fourth-order valence-corrected chi connectivity index (χ4v) is 3.92. The van der Waals surface area contributed by atoms with Crippen LogP contribution in [0.15, 0.2) is 41.4 Å². The van der Waals surface area contributed by atoms with Gasteiger partial charge in [-0.3, -0.25) is 4.79 Å². The predicted molar refractivity (Wildman–Crippen MR) is 115 cm³/mol. The maximum atomic E-state index is 12.2. The SMILES string of the molecule is CCNC(=NCc1ccc(CC)s1)NCCCN1C(=O)COc2ccccc21. The van der Waals surface area contributed by atoms with Gasteiger partial charge in [0.15, 0.2) is 12.6 Å². The summed E-state index contributed by atoms with van der Waals surface area (Å²) in [5.41, 5.74) is 0.851. The van der Waals surface area contributed by atoms with Gasteiger partial charge in [-0.15, -0.1) is 11.3 Å². The van der Waals surface area contributed by atoms with Gasteiger partial charge < -0.3 is 20.3 Å². The number of guanidine groups is 1. The van der Waals surface area contributed by atoms with E-state index in [-0.39, 0.29) is 12.5 Å². The number of carbonyl (C=O) groups is 1. The van der Waals surface area contributed by atoms with Crippen LogP contribution in [0.25, 0.3) is 0 Å². The Labute approximate surface area is 170 Å². The molecule has 1 aliphatic rings. The molecular formula is C21H28N4O2S. The molecule has 2 N–H and O–H groups in total. The van der Waals surface area contributed by atoms with Crippen LogP contribution < -0.4 is 20.3 Å². The van der Waals surface area contributed by atoms with Crippen molar-refractivity contribution in [3.05, 3.63) is 46.2 Å². The third kappa shape index (κ3) is 5.25. The standard InChI is InChI=1S/C21H28N4O2S/c1-3-16-10-11-17(28-16)14-24-21(22-4-2)23-12-7-13-25-18-8-5-6-9-19(18)27-15-20(25)26/h5-6,8-11H,3-4,7,12-15H2,1-2H3,(H2,22,23,24). The summed E-state index contributed by atoms with van der Waals surface area (Å²) in [4.78, 5) is 21.4. The number of aryl methyl sites for hydroxylation is 1. The molecule has 0 radical (unpaired) electrons. The van der Waals surface area contributed by atoms with E-state index in [0.29, 0.717) is 13.1 Å². The molecule has 0 bridgehead atoms. The van der Waals surface area contributed by atoms with Crippen LogP contribution in [0.5, 0.6) is 5.75 Å². The Morgan fingerprint density at radius 1 is 1.18 bits per heavy atom. The first-order valence-electron chi connectivity index (χ1n) is 9.83. The molecule has 0 aliphatic carbocycles. The molecule has 0 fully saturated rings. The maximum Gasteiger partial charge on any atom is 0.265 e. The Balaban J connectivity index is 1.50. The summed E-state index contributed by atoms with van der Waals surface area (Å²) in [7, 11) is 0. The minimum Gasteiger partial charge on any atom is -0.482 e. The molecule has 0 atom stereocenters. The Hall–Kier alpha value is -2.54. The molecule has 1 aliphatic heterocycles. The van der Waals surface area contributed by atoms with E-state index in [2.05, 4.69) is 41.6 Å². The first kappa shape index (κ1) is 20.2. The number of aliphatic imine (C=N–C) groups is 1. The first-order valence-corrected chi connectivity index (χ1v) is 10.6. The smallest absolute Gasteiger partial charge is 0.265 e. The molecule has 1 aromatic heterocycles. The molecule has 0 saturated carbocycles. The van der Waals surface area contributed by atoms with Gasteiger partial charge in [0.05, 0.1) is 12.2 Å². The number of rotatable bonds is 8. The second-order valence-electron chi connectivity index (χ2n) is 6.50. The number of nitrogens with one attached hydrogen (secondary N) is 2. The number of hydrogen-bond acceptors (Lipinski definition) is 4. The van der Waals surface area contributed by atoms with Crippen LogP contribution in [0.3, 0.4) is 0 Å². The van der Waals surface area contributed by atoms with Gasteiger partial charge in [-0.1, -0.05) is 19.1 Å². The lowest BCUT2D eigenvalue weighted by Gasteiger charge is -2.29. The van der Waals surface area contributed by atoms with E-state index in [1.807, 2.05) is 40.5 Å². The Kier molecular flexibility index (Phi) is 7.31. The van der Waals surface area contributed by atoms with Crippen LogP contribution in [0.2, 0.25) is 0 Å². The van der Waals surface area contributed by atoms with E-state index in [0.717, 1.165) is 43.3 Å². The normalized spacial score (nSPS) is 13.9. The largest absolute Gasteiger partial charge is 0.482 e. The Morgan fingerprint density at radius 2 is 2.00 bits per heavy atom. The zero-order valence-electron chi connectivity index (χ0n) is 16.5. The quantitative estimate of drug-likeness (QED) is 0.406. The number of carbonyl (C=O) groups excluding carboxylic acids is 1. The molecule has 2 aromatic rings. The third-order valence-electron chi connectivity index (χ3n) is 4.46. The molecule has 1 amide bonds. The summed E-state index contributed by atoms with van der Waals surface area (Å²) in [5, 5.41) is 6.64. The van der Waals surface area contributed by atoms with Crippen molar-refractivity contribution in [2.75, 3.05) is 31.1 Å². The average molecular weight is 401 g/mol. The fourth-order valence-electron chi connectivity index (χ4n) is 3.04. The van der Waals surface area contributed by atoms with Crippen LogP contribution in [0.1, 0.15) is 30.0 Å². The number of hydrogen-bond donors (Lipinski definition) is 2. The maximum absolute atomic E-state index is 12.2. The molecule has 6 nitrogen and oxygen atoms in total. The summed E-state index contributed by atoms with van der Waals surface area (Å²) < 4.78 is 5.49. The molecule has 0 unspecified atom stereocenters. The Bertz CT molecular complexity index is 818. The van der Waals surface area contributed by atoms with E-state index in [4.69, 9.17) is 4.74 Å². The molecule has 0 spiro atoms. The van der Waals surface area contributed by atoms with Gasteiger partial charge in [-0.25, -0.2) is 4.99 Å². The van der Waals surface area contributed by atoms with Gasteiger partial charge in [0.25, 0.3) is 5.91 Å². The van der Waals surface area contributed by atoms with Crippen LogP contribution >= 0.6 is 11.3 Å². The molecule has 1 aromatic carbocycles. The van der Waals surface area contributed by atoms with Gasteiger partial charge in [-0.05, 0) is 44.0 Å². The number of nitrogens with zero attached hydrogens (tertiary/aromatic N) is 2. The number of thiophene rings is 1. The summed E-state index contributed by atoms with van der Waals surface area (Å²) in [6.07, 6.45) is 1.89. The van der Waals surface area contributed by atoms with Crippen molar-refractivity contribution in [1.82, 2.24) is 10.6 Å². The van der Waals surface area contributed by atoms with E-state index < -0.39 is 0 Å². The average Bonchev–Trinajstić information content (AvgIpc) is 3.18. The number of amides is 1. The van der Waals surface area contributed by atoms with Crippen LogP contribution in [0.4, 0.5) is 5.69 Å². The van der Waals surface area contributed by atoms with Crippen molar-refractivity contribution in [2.45, 2.75) is 33.2 Å². The van der Waals surface area contributed by atoms with Crippen LogP contribution in [-0.4, -0.2) is 38.1 Å². The Morgan fingerprint density at radius 3 is 2.79 bits per heavy atom. The van der Waals surface area contributed by atoms with Gasteiger partial charge in [0, 0.05) is 29.4 Å². The van der Waals surface area contributed by atoms with Crippen molar-refractivity contribution >= 4 is 28.9 Å². The highest BCUT2D eigenvalue weighted by molar-refractivity contribution is 7.11. The van der Waals surface area contributed by atoms with Crippen LogP contribution in [-0.2, 0) is 17.8 Å². The monoisotopic (exact) mass is 400 g/mol. The van der Waals surface area contributed by atoms with Gasteiger partial charge in [0.1, 0.15) is 5.75 Å². The third-order valence-corrected chi connectivity index (χ3v) is 5.68. The molecule has 28 heavy (non-hydrogen) atoms. The van der Waals surface area contributed by atoms with E-state index in [1.54, 1.807) is 0 Å². The molecule has 3 rings (SSSR count). The highest BCUT2D eigenvalue weighted by Crippen LogP contribution is 2.31. The van der Waals surface area contributed by atoms with Crippen molar-refractivity contribution in [3.63, 3.8) is 0 Å². The summed E-state index contributed by atoms with van der Waals surface area (Å²) in [6.45, 7) is 7.21. The van der Waals surface area contributed by atoms with Gasteiger partial charge in [-0.2, -0.15) is 0 Å². The second-order valence-corrected chi connectivity index (χ2v) is 7.75. The molecule has 2 heterocycles. The lowest BCUT2D eigenvalue weighted by Crippen LogP contribution is -2.42. The molecule has 0 saturated heterocycles. The highest BCUT2D eigenvalue weighted by atomic mass is 32.1. The zero-order valence-corrected chi connectivity index (χ0v) is 17.3.